The number of furan rings is 1. The number of ether oxygens (including phenoxy) is 1. The molecule has 18 heavy (non-hydrogen) atoms. The lowest BCUT2D eigenvalue weighted by Crippen LogP contribution is -2.06. The molecule has 5 heteroatoms. The minimum absolute atomic E-state index is 0.0698. The highest BCUT2D eigenvalue weighted by atomic mass is 19.1. The Morgan fingerprint density at radius 2 is 2.00 bits per heavy atom. The van der Waals surface area contributed by atoms with Gasteiger partial charge >= 0.3 is 5.97 Å². The number of esters is 1. The van der Waals surface area contributed by atoms with Gasteiger partial charge in [-0.25, -0.2) is 13.6 Å². The zero-order valence-electron chi connectivity index (χ0n) is 9.57. The van der Waals surface area contributed by atoms with Gasteiger partial charge in [0.05, 0.1) is 24.0 Å². The zero-order valence-corrected chi connectivity index (χ0v) is 9.57. The van der Waals surface area contributed by atoms with E-state index in [4.69, 9.17) is 4.42 Å². The highest BCUT2D eigenvalue weighted by molar-refractivity contribution is 5.90. The lowest BCUT2D eigenvalue weighted by Gasteiger charge is -2.06. The first-order valence-electron chi connectivity index (χ1n) is 5.33. The Hall–Kier alpha value is -2.17. The summed E-state index contributed by atoms with van der Waals surface area (Å²) in [7, 11) is 0. The molecule has 0 spiro atoms. The normalized spacial score (nSPS) is 10.4. The first kappa shape index (κ1) is 12.3. The maximum Gasteiger partial charge on any atom is 0.338 e. The topological polar surface area (TPSA) is 39.4 Å². The third-order valence-corrected chi connectivity index (χ3v) is 2.32. The van der Waals surface area contributed by atoms with Crippen LogP contribution in [0.1, 0.15) is 17.3 Å². The molecule has 1 aromatic heterocycles. The third-order valence-electron chi connectivity index (χ3n) is 2.32. The van der Waals surface area contributed by atoms with Crippen LogP contribution in [-0.4, -0.2) is 12.6 Å². The minimum atomic E-state index is -0.868. The molecule has 0 aliphatic rings. The number of rotatable bonds is 3. The molecule has 0 amide bonds. The van der Waals surface area contributed by atoms with Gasteiger partial charge in [0.25, 0.3) is 0 Å². The van der Waals surface area contributed by atoms with Crippen LogP contribution in [0.25, 0.3) is 11.3 Å². The Bertz CT molecular complexity index is 539. The summed E-state index contributed by atoms with van der Waals surface area (Å²) < 4.78 is 37.1. The SMILES string of the molecule is CCOC(=O)c1cc(F)c(-c2ccco2)c(F)c1. The van der Waals surface area contributed by atoms with Crippen molar-refractivity contribution in [3.05, 3.63) is 47.7 Å². The van der Waals surface area contributed by atoms with Crippen molar-refractivity contribution >= 4 is 5.97 Å². The molecule has 0 aliphatic heterocycles. The van der Waals surface area contributed by atoms with Gasteiger partial charge in [0.15, 0.2) is 0 Å². The fraction of sp³-hybridized carbons (Fsp3) is 0.154. The van der Waals surface area contributed by atoms with Gasteiger partial charge in [-0.05, 0) is 31.2 Å². The predicted molar refractivity (Wildman–Crippen MR) is 60.0 cm³/mol. The molecule has 0 bridgehead atoms. The van der Waals surface area contributed by atoms with Crippen LogP contribution in [0.3, 0.4) is 0 Å². The molecule has 0 N–H and O–H groups in total. The van der Waals surface area contributed by atoms with Crippen molar-refractivity contribution in [2.75, 3.05) is 6.61 Å². The minimum Gasteiger partial charge on any atom is -0.464 e. The summed E-state index contributed by atoms with van der Waals surface area (Å²) in [5.41, 5.74) is -0.463. The average Bonchev–Trinajstić information content (AvgIpc) is 2.82. The van der Waals surface area contributed by atoms with Gasteiger partial charge in [-0.15, -0.1) is 0 Å². The third kappa shape index (κ3) is 2.25. The summed E-state index contributed by atoms with van der Waals surface area (Å²) >= 11 is 0. The average molecular weight is 252 g/mol. The maximum absolute atomic E-state index is 13.8. The van der Waals surface area contributed by atoms with Crippen molar-refractivity contribution < 1.29 is 22.7 Å². The Morgan fingerprint density at radius 1 is 1.33 bits per heavy atom. The number of hydrogen-bond acceptors (Lipinski definition) is 3. The van der Waals surface area contributed by atoms with E-state index >= 15 is 0 Å². The number of benzene rings is 1. The van der Waals surface area contributed by atoms with E-state index in [1.165, 1.54) is 18.4 Å². The van der Waals surface area contributed by atoms with E-state index < -0.39 is 17.6 Å². The second-order valence-electron chi connectivity index (χ2n) is 3.51. The maximum atomic E-state index is 13.8. The van der Waals surface area contributed by atoms with Gasteiger partial charge in [-0.2, -0.15) is 0 Å². The van der Waals surface area contributed by atoms with Crippen LogP contribution >= 0.6 is 0 Å². The molecule has 2 rings (SSSR count). The summed E-state index contributed by atoms with van der Waals surface area (Å²) in [4.78, 5) is 11.4. The molecule has 0 saturated carbocycles. The lowest BCUT2D eigenvalue weighted by molar-refractivity contribution is 0.0525. The smallest absolute Gasteiger partial charge is 0.338 e. The van der Waals surface area contributed by atoms with E-state index in [1.54, 1.807) is 6.92 Å². The van der Waals surface area contributed by atoms with Crippen molar-refractivity contribution in [3.63, 3.8) is 0 Å². The van der Waals surface area contributed by atoms with E-state index in [0.29, 0.717) is 0 Å². The highest BCUT2D eigenvalue weighted by Crippen LogP contribution is 2.27. The van der Waals surface area contributed by atoms with Crippen LogP contribution in [0.4, 0.5) is 8.78 Å². The molecule has 2 aromatic rings. The monoisotopic (exact) mass is 252 g/mol. The molecular weight excluding hydrogens is 242 g/mol. The Kier molecular flexibility index (Phi) is 3.41. The summed E-state index contributed by atoms with van der Waals surface area (Å²) in [5, 5.41) is 0. The molecule has 0 fully saturated rings. The van der Waals surface area contributed by atoms with Crippen molar-refractivity contribution in [1.29, 1.82) is 0 Å². The largest absolute Gasteiger partial charge is 0.464 e. The summed E-state index contributed by atoms with van der Waals surface area (Å²) in [6.07, 6.45) is 1.31. The Balaban J connectivity index is 2.45. The number of hydrogen-bond donors (Lipinski definition) is 0. The molecule has 1 aromatic carbocycles. The van der Waals surface area contributed by atoms with Gasteiger partial charge in [0, 0.05) is 0 Å². The van der Waals surface area contributed by atoms with Crippen LogP contribution in [0.15, 0.2) is 34.9 Å². The van der Waals surface area contributed by atoms with Crippen LogP contribution in [0, 0.1) is 11.6 Å². The van der Waals surface area contributed by atoms with Gasteiger partial charge in [0.2, 0.25) is 0 Å². The first-order chi connectivity index (χ1) is 8.63. The van der Waals surface area contributed by atoms with Crippen LogP contribution in [0.5, 0.6) is 0 Å². The summed E-state index contributed by atoms with van der Waals surface area (Å²) in [6.45, 7) is 1.75. The number of carbonyl (C=O) groups excluding carboxylic acids is 1. The van der Waals surface area contributed by atoms with Crippen molar-refractivity contribution in [2.45, 2.75) is 6.92 Å². The molecule has 94 valence electrons. The Labute approximate surface area is 102 Å². The standard InChI is InChI=1S/C13H10F2O3/c1-2-17-13(16)8-6-9(14)12(10(15)7-8)11-4-3-5-18-11/h3-7H,2H2,1H3. The molecule has 3 nitrogen and oxygen atoms in total. The molecule has 0 aliphatic carbocycles. The predicted octanol–water partition coefficient (Wildman–Crippen LogP) is 3.40. The van der Waals surface area contributed by atoms with E-state index in [0.717, 1.165) is 12.1 Å². The van der Waals surface area contributed by atoms with E-state index in [1.807, 2.05) is 0 Å². The summed E-state index contributed by atoms with van der Waals surface area (Å²) in [6, 6.07) is 4.82. The lowest BCUT2D eigenvalue weighted by atomic mass is 10.1. The van der Waals surface area contributed by atoms with Gasteiger partial charge in [-0.1, -0.05) is 0 Å². The molecule has 1 heterocycles. The molecule has 0 atom stereocenters. The van der Waals surface area contributed by atoms with Gasteiger partial charge in [0.1, 0.15) is 17.4 Å². The zero-order chi connectivity index (χ0) is 13.1. The van der Waals surface area contributed by atoms with Crippen LogP contribution in [0.2, 0.25) is 0 Å². The van der Waals surface area contributed by atoms with Gasteiger partial charge in [-0.3, -0.25) is 0 Å². The van der Waals surface area contributed by atoms with Crippen LogP contribution < -0.4 is 0 Å². The Morgan fingerprint density at radius 3 is 2.50 bits per heavy atom. The fourth-order valence-corrected chi connectivity index (χ4v) is 1.56. The summed E-state index contributed by atoms with van der Waals surface area (Å²) in [5.74, 6) is -2.43. The van der Waals surface area contributed by atoms with Crippen LogP contribution in [-0.2, 0) is 4.74 Å². The first-order valence-corrected chi connectivity index (χ1v) is 5.33. The van der Waals surface area contributed by atoms with E-state index in [9.17, 15) is 13.6 Å². The van der Waals surface area contributed by atoms with Crippen molar-refractivity contribution in [2.24, 2.45) is 0 Å². The quantitative estimate of drug-likeness (QED) is 0.786. The second-order valence-corrected chi connectivity index (χ2v) is 3.51. The van der Waals surface area contributed by atoms with E-state index in [-0.39, 0.29) is 23.5 Å². The number of carbonyl (C=O) groups is 1. The highest BCUT2D eigenvalue weighted by Gasteiger charge is 2.18. The molecule has 0 saturated heterocycles. The van der Waals surface area contributed by atoms with Crippen molar-refractivity contribution in [1.82, 2.24) is 0 Å². The van der Waals surface area contributed by atoms with Gasteiger partial charge < -0.3 is 9.15 Å². The number of halogens is 2. The van der Waals surface area contributed by atoms with Crippen molar-refractivity contribution in [3.8, 4) is 11.3 Å². The molecule has 0 radical (unpaired) electrons. The molecular formula is C13H10F2O3. The fourth-order valence-electron chi connectivity index (χ4n) is 1.56. The second kappa shape index (κ2) is 5.00. The van der Waals surface area contributed by atoms with E-state index in [2.05, 4.69) is 4.74 Å². The molecule has 0 unspecified atom stereocenters.